The molecule has 9 heteroatoms. The molecule has 0 atom stereocenters. The third-order valence-corrected chi connectivity index (χ3v) is 9.56. The fourth-order valence-corrected chi connectivity index (χ4v) is 5.61. The highest BCUT2D eigenvalue weighted by Crippen LogP contribution is 2.39. The molecule has 0 saturated carbocycles. The molecule has 0 radical (unpaired) electrons. The molecule has 1 aliphatic heterocycles. The molecule has 1 fully saturated rings. The molecule has 2 aromatic carbocycles. The van der Waals surface area contributed by atoms with Gasteiger partial charge >= 0.3 is 6.18 Å². The zero-order chi connectivity index (χ0) is 79.7. The summed E-state index contributed by atoms with van der Waals surface area (Å²) in [5.41, 5.74) is 0.106. The Morgan fingerprint density at radius 1 is 0.324 bits per heavy atom. The number of hydrogen-bond acceptors (Lipinski definition) is 3. The molecule has 3 rings (SSSR count). The molecule has 1 heterocycles. The Hall–Kier alpha value is -21.5. The van der Waals surface area contributed by atoms with Crippen molar-refractivity contribution < 1.29 is 18.0 Å². The van der Waals surface area contributed by atoms with E-state index in [2.05, 4.69) is 490 Å². The first-order chi connectivity index (χ1) is 54.6. The lowest BCUT2D eigenvalue weighted by atomic mass is 10.1. The van der Waals surface area contributed by atoms with Crippen LogP contribution in [0.25, 0.3) is 4.85 Å². The molecule has 0 aromatic heterocycles. The van der Waals surface area contributed by atoms with Crippen LogP contribution >= 0.6 is 12.2 Å². The summed E-state index contributed by atoms with van der Waals surface area (Å²) in [4.78, 5) is 17.9. The van der Waals surface area contributed by atoms with Gasteiger partial charge in [-0.15, -0.1) is 0 Å². The van der Waals surface area contributed by atoms with Gasteiger partial charge in [-0.2, -0.15) is 18.4 Å². The van der Waals surface area contributed by atoms with E-state index in [1.165, 1.54) is 6.07 Å². The summed E-state index contributed by atoms with van der Waals surface area (Å²) < 4.78 is 39.6. The van der Waals surface area contributed by atoms with Crippen LogP contribution in [0.4, 0.5) is 30.2 Å². The van der Waals surface area contributed by atoms with Gasteiger partial charge in [0.2, 0.25) is 0 Å². The van der Waals surface area contributed by atoms with Crippen molar-refractivity contribution >= 4 is 40.3 Å². The van der Waals surface area contributed by atoms with E-state index in [9.17, 15) is 18.0 Å². The van der Waals surface area contributed by atoms with Gasteiger partial charge in [0.25, 0.3) is 5.91 Å². The van der Waals surface area contributed by atoms with Crippen LogP contribution in [0.5, 0.6) is 0 Å². The largest absolute Gasteiger partial charge is 0.407 e. The van der Waals surface area contributed by atoms with Crippen LogP contribution in [0.3, 0.4) is 0 Å². The molecular formula is C102H15F3N4OS. The fraction of sp³-hybridized carbons (Fsp3) is 0.0392. The molecule has 1 aliphatic rings. The predicted octanol–water partition coefficient (Wildman–Crippen LogP) is 5.37. The van der Waals surface area contributed by atoms with E-state index in [0.717, 1.165) is 22.6 Å². The monoisotopic (exact) mass is 1400 g/mol. The number of carbonyl (C=O) groups excluding carboxylic acids is 1. The predicted molar refractivity (Wildman–Crippen MR) is 426 cm³/mol. The average molecular weight is 1400 g/mol. The van der Waals surface area contributed by atoms with E-state index >= 15 is 0 Å². The first-order valence-electron chi connectivity index (χ1n) is 28.7. The number of carbonyl (C=O) groups is 1. The summed E-state index contributed by atoms with van der Waals surface area (Å²) in [7, 11) is 0. The summed E-state index contributed by atoms with van der Waals surface area (Å²) >= 11 is 5.32. The van der Waals surface area contributed by atoms with Gasteiger partial charge in [0.05, 0.1) is 12.1 Å². The number of anilines is 2. The van der Waals surface area contributed by atoms with E-state index < -0.39 is 23.3 Å². The number of halogens is 3. The molecule has 0 N–H and O–H groups in total. The van der Waals surface area contributed by atoms with Gasteiger partial charge in [0.15, 0.2) is 16.9 Å². The lowest BCUT2D eigenvalue weighted by Gasteiger charge is -2.21. The van der Waals surface area contributed by atoms with Crippen LogP contribution in [0.2, 0.25) is 0 Å². The Morgan fingerprint density at radius 2 is 0.514 bits per heavy atom. The van der Waals surface area contributed by atoms with Crippen molar-refractivity contribution in [2.24, 2.45) is 0 Å². The Bertz CT molecular complexity index is 7370. The molecule has 1 amide bonds. The van der Waals surface area contributed by atoms with Crippen molar-refractivity contribution in [2.45, 2.75) is 20.0 Å². The van der Waals surface area contributed by atoms with Gasteiger partial charge in [-0.05, 0) is 97.7 Å². The number of aryl methyl sites for hydroxylation is 1. The normalized spacial score (nSPS) is 6.48. The molecule has 0 unspecified atom stereocenters. The minimum absolute atomic E-state index is 0.00524. The Morgan fingerprint density at radius 3 is 0.694 bits per heavy atom. The van der Waals surface area contributed by atoms with E-state index in [1.54, 1.807) is 30.0 Å². The van der Waals surface area contributed by atoms with Crippen LogP contribution in [-0.4, -0.2) is 17.6 Å². The highest BCUT2D eigenvalue weighted by atomic mass is 32.1. The quantitative estimate of drug-likeness (QED) is 0.231. The van der Waals surface area contributed by atoms with Gasteiger partial charge in [0.1, 0.15) is 6.54 Å². The number of rotatable bonds is 2. The molecule has 111 heavy (non-hydrogen) atoms. The zero-order valence-electron chi connectivity index (χ0n) is 56.5. The van der Waals surface area contributed by atoms with Crippen molar-refractivity contribution in [1.29, 1.82) is 5.26 Å². The minimum Gasteiger partial charge on any atom is -0.309 e. The number of nitriles is 1. The highest BCUT2D eigenvalue weighted by molar-refractivity contribution is 7.81. The third-order valence-electron chi connectivity index (χ3n) is 9.16. The topological polar surface area (TPSA) is 51.7 Å². The van der Waals surface area contributed by atoms with Crippen molar-refractivity contribution in [1.82, 2.24) is 0 Å². The van der Waals surface area contributed by atoms with E-state index in [0.29, 0.717) is 5.69 Å². The second-order valence-electron chi connectivity index (χ2n) is 16.2. The molecule has 0 spiro atoms. The average Bonchev–Trinajstić information content (AvgIpc) is 1.66. The maximum absolute atomic E-state index is 13.2. The lowest BCUT2D eigenvalue weighted by Crippen LogP contribution is -2.32. The van der Waals surface area contributed by atoms with Gasteiger partial charge < -0.3 is 4.90 Å². The summed E-state index contributed by atoms with van der Waals surface area (Å²) in [6.45, 7) is 10.4. The van der Waals surface area contributed by atoms with E-state index in [4.69, 9.17) is 24.1 Å². The second-order valence-corrected chi connectivity index (χ2v) is 16.6. The van der Waals surface area contributed by atoms with E-state index in [1.807, 2.05) is 19.1 Å². The Kier molecular flexibility index (Phi) is 48.8. The highest BCUT2D eigenvalue weighted by Gasteiger charge is 2.38. The van der Waals surface area contributed by atoms with Crippen molar-refractivity contribution in [3.8, 4) is 492 Å². The molecule has 0 bridgehead atoms. The van der Waals surface area contributed by atoms with Gasteiger partial charge in [0, 0.05) is 444 Å². The maximum Gasteiger partial charge on any atom is 0.407 e. The zero-order valence-corrected chi connectivity index (χ0v) is 57.3. The summed E-state index contributed by atoms with van der Waals surface area (Å²) in [6, 6.07) is 12.1. The van der Waals surface area contributed by atoms with Crippen LogP contribution in [0.1, 0.15) is 18.1 Å². The second kappa shape index (κ2) is 63.3. The SMILES string of the molecule is CC#CC#CC#CC#CC#CC#CC#CC#CC#CC#CC#CC#CC#CC#CC#CC#CC#CC#CC#CC#CC#CC#CC#CC#CC#CC#CC#CC#CC#CC#CC#CC#CC#CC#CC#CC#CC#CC#CC#CC#CC#CC#N.[C-]#[N+]c1ccc(N2C(=O)CN(c3ccc(C)cc3)C2=S)cc1C(F)(F)F. The molecule has 0 aliphatic carbocycles. The van der Waals surface area contributed by atoms with Crippen molar-refractivity contribution in [2.75, 3.05) is 16.3 Å². The first-order valence-corrected chi connectivity index (χ1v) is 29.2. The molecule has 2 aromatic rings. The van der Waals surface area contributed by atoms with Crippen molar-refractivity contribution in [3.63, 3.8) is 0 Å². The first kappa shape index (κ1) is 85.6. The molecule has 1 saturated heterocycles. The summed E-state index contributed by atoms with van der Waals surface area (Å²) in [5.74, 6) is 204. The van der Waals surface area contributed by atoms with Crippen LogP contribution in [0.15, 0.2) is 42.5 Å². The van der Waals surface area contributed by atoms with Crippen LogP contribution in [-0.2, 0) is 11.0 Å². The fourth-order valence-electron chi connectivity index (χ4n) is 5.23. The molecular weight excluding hydrogens is 1390 g/mol. The smallest absolute Gasteiger partial charge is 0.309 e. The number of hydrogen-bond donors (Lipinski definition) is 0. The van der Waals surface area contributed by atoms with Crippen LogP contribution in [0, 0.1) is 510 Å². The van der Waals surface area contributed by atoms with Crippen molar-refractivity contribution in [3.05, 3.63) is 65.0 Å². The standard InChI is InChI=1S/C84H3N.C18H12F3N3OS/c1-2-3-4-5-6-7-8-9-10-11-12-13-14-15-16-17-18-19-20-21-22-23-24-25-26-27-28-29-30-31-32-33-34-35-36-37-38-39-40-41-42-43-44-45-46-47-48-49-50-51-52-53-54-55-56-57-58-59-60-61-62-63-64-65-66-67-68-69-70-71-72-73-74-75-76-77-78-79-80-81-82-83-84-85;1-11-3-5-12(6-4-11)23-10-16(25)24(17(23)26)13-7-8-15(22-2)14(9-13)18(19,20)21/h1H3;3-9H,10H2,1H3. The number of amides is 1. The summed E-state index contributed by atoms with van der Waals surface area (Å²) in [5, 5.41) is 8.32. The van der Waals surface area contributed by atoms with Gasteiger partial charge in [-0.3, -0.25) is 9.69 Å². The third kappa shape index (κ3) is 49.7. The van der Waals surface area contributed by atoms with Gasteiger partial charge in [-0.25, -0.2) is 4.85 Å². The Labute approximate surface area is 652 Å². The lowest BCUT2D eigenvalue weighted by molar-refractivity contribution is -0.136. The number of thiocarbonyl (C=S) groups is 1. The molecule has 5 nitrogen and oxygen atoms in total. The maximum atomic E-state index is 13.2. The number of alkyl halides is 3. The minimum atomic E-state index is -4.70. The molecule has 476 valence electrons. The van der Waals surface area contributed by atoms with Crippen LogP contribution < -0.4 is 9.80 Å². The number of nitrogens with zero attached hydrogens (tertiary/aromatic N) is 4. The van der Waals surface area contributed by atoms with E-state index in [-0.39, 0.29) is 17.3 Å². The van der Waals surface area contributed by atoms with Gasteiger partial charge in [-0.1, -0.05) is 29.7 Å². The Balaban J connectivity index is 0.00000133. The summed E-state index contributed by atoms with van der Waals surface area (Å²) in [6.07, 6.45) is -4.70. The number of benzene rings is 2.